The van der Waals surface area contributed by atoms with Crippen LogP contribution >= 0.6 is 0 Å². The van der Waals surface area contributed by atoms with E-state index in [4.69, 9.17) is 0 Å². The molecule has 116 valence electrons. The molecule has 0 spiro atoms. The summed E-state index contributed by atoms with van der Waals surface area (Å²) >= 11 is 0. The number of aliphatic hydroxyl groups is 1. The molecule has 1 N–H and O–H groups in total. The van der Waals surface area contributed by atoms with E-state index in [0.29, 0.717) is 31.1 Å². The van der Waals surface area contributed by atoms with Crippen molar-refractivity contribution in [2.75, 3.05) is 6.54 Å². The van der Waals surface area contributed by atoms with E-state index in [2.05, 4.69) is 4.90 Å². The molecule has 1 aliphatic carbocycles. The van der Waals surface area contributed by atoms with Crippen molar-refractivity contribution < 1.29 is 9.50 Å². The first-order chi connectivity index (χ1) is 10.7. The van der Waals surface area contributed by atoms with E-state index in [0.717, 1.165) is 18.4 Å². The van der Waals surface area contributed by atoms with Crippen LogP contribution in [0.25, 0.3) is 0 Å². The lowest BCUT2D eigenvalue weighted by Gasteiger charge is -2.25. The summed E-state index contributed by atoms with van der Waals surface area (Å²) in [7, 11) is 0. The summed E-state index contributed by atoms with van der Waals surface area (Å²) in [4.78, 5) is 2.21. The monoisotopic (exact) mass is 299 g/mol. The Hall–Kier alpha value is -1.71. The van der Waals surface area contributed by atoms with Gasteiger partial charge in [-0.25, -0.2) is 4.39 Å². The second kappa shape index (κ2) is 7.03. The molecule has 3 rings (SSSR count). The molecule has 0 heterocycles. The number of halogens is 1. The molecule has 0 radical (unpaired) electrons. The third kappa shape index (κ3) is 4.15. The minimum atomic E-state index is -0.422. The average molecular weight is 299 g/mol. The van der Waals surface area contributed by atoms with E-state index >= 15 is 0 Å². The van der Waals surface area contributed by atoms with Gasteiger partial charge in [0.2, 0.25) is 0 Å². The number of hydrogen-bond donors (Lipinski definition) is 1. The van der Waals surface area contributed by atoms with E-state index in [9.17, 15) is 9.50 Å². The van der Waals surface area contributed by atoms with Gasteiger partial charge in [-0.1, -0.05) is 48.5 Å². The highest BCUT2D eigenvalue weighted by Crippen LogP contribution is 2.29. The van der Waals surface area contributed by atoms with E-state index in [1.165, 1.54) is 6.07 Å². The van der Waals surface area contributed by atoms with Gasteiger partial charge in [-0.05, 0) is 30.9 Å². The molecule has 0 saturated heterocycles. The average Bonchev–Trinajstić information content (AvgIpc) is 3.34. The zero-order chi connectivity index (χ0) is 15.4. The zero-order valence-corrected chi connectivity index (χ0v) is 12.7. The fourth-order valence-corrected chi connectivity index (χ4v) is 2.85. The normalized spacial score (nSPS) is 16.0. The largest absolute Gasteiger partial charge is 0.391 e. The van der Waals surface area contributed by atoms with Crippen LogP contribution in [0.1, 0.15) is 24.0 Å². The summed E-state index contributed by atoms with van der Waals surface area (Å²) in [6, 6.07) is 17.4. The van der Waals surface area contributed by atoms with E-state index in [1.54, 1.807) is 6.07 Å². The van der Waals surface area contributed by atoms with Gasteiger partial charge in [-0.2, -0.15) is 0 Å². The Bertz CT molecular complexity index is 597. The maximum Gasteiger partial charge on any atom is 0.127 e. The molecule has 1 fully saturated rings. The number of benzene rings is 2. The highest BCUT2D eigenvalue weighted by molar-refractivity contribution is 5.18. The standard InChI is InChI=1S/C19H22FNO/c20-19-9-5-4-8-16(19)13-21(17-10-11-17)14-18(22)12-15-6-2-1-3-7-15/h1-9,17-18,22H,10-14H2. The van der Waals surface area contributed by atoms with Crippen molar-refractivity contribution in [3.05, 3.63) is 71.5 Å². The molecule has 2 nitrogen and oxygen atoms in total. The van der Waals surface area contributed by atoms with Crippen molar-refractivity contribution in [3.63, 3.8) is 0 Å². The smallest absolute Gasteiger partial charge is 0.127 e. The Labute approximate surface area is 131 Å². The first-order valence-electron chi connectivity index (χ1n) is 7.92. The van der Waals surface area contributed by atoms with E-state index < -0.39 is 6.10 Å². The van der Waals surface area contributed by atoms with Crippen LogP contribution in [0.15, 0.2) is 54.6 Å². The summed E-state index contributed by atoms with van der Waals surface area (Å²) in [5, 5.41) is 10.4. The predicted molar refractivity (Wildman–Crippen MR) is 86.0 cm³/mol. The van der Waals surface area contributed by atoms with Crippen LogP contribution in [0.5, 0.6) is 0 Å². The van der Waals surface area contributed by atoms with Crippen LogP contribution in [-0.4, -0.2) is 28.7 Å². The Balaban J connectivity index is 1.61. The van der Waals surface area contributed by atoms with Gasteiger partial charge in [0.1, 0.15) is 5.82 Å². The number of hydrogen-bond acceptors (Lipinski definition) is 2. The van der Waals surface area contributed by atoms with Crippen molar-refractivity contribution in [2.24, 2.45) is 0 Å². The predicted octanol–water partition coefficient (Wildman–Crippen LogP) is 3.39. The highest BCUT2D eigenvalue weighted by Gasteiger charge is 2.30. The van der Waals surface area contributed by atoms with E-state index in [-0.39, 0.29) is 5.82 Å². The summed E-state index contributed by atoms with van der Waals surface area (Å²) in [5.41, 5.74) is 1.85. The van der Waals surface area contributed by atoms with Gasteiger partial charge in [-0.3, -0.25) is 4.90 Å². The van der Waals surface area contributed by atoms with Crippen molar-refractivity contribution in [3.8, 4) is 0 Å². The van der Waals surface area contributed by atoms with Gasteiger partial charge in [0.05, 0.1) is 6.10 Å². The molecule has 1 atom stereocenters. The van der Waals surface area contributed by atoms with Crippen LogP contribution in [-0.2, 0) is 13.0 Å². The Morgan fingerprint density at radius 3 is 2.41 bits per heavy atom. The molecule has 0 amide bonds. The van der Waals surface area contributed by atoms with Crippen LogP contribution in [0.4, 0.5) is 4.39 Å². The summed E-state index contributed by atoms with van der Waals surface area (Å²) in [6.07, 6.45) is 2.51. The fraction of sp³-hybridized carbons (Fsp3) is 0.368. The molecule has 0 aromatic heterocycles. The Morgan fingerprint density at radius 2 is 1.73 bits per heavy atom. The number of aliphatic hydroxyl groups excluding tert-OH is 1. The van der Waals surface area contributed by atoms with Crippen LogP contribution in [0, 0.1) is 5.82 Å². The second-order valence-corrected chi connectivity index (χ2v) is 6.10. The van der Waals surface area contributed by atoms with Gasteiger partial charge in [-0.15, -0.1) is 0 Å². The molecule has 1 aliphatic rings. The molecular weight excluding hydrogens is 277 g/mol. The lowest BCUT2D eigenvalue weighted by Crippen LogP contribution is -2.35. The van der Waals surface area contributed by atoms with Crippen molar-refractivity contribution >= 4 is 0 Å². The maximum absolute atomic E-state index is 13.8. The number of nitrogens with zero attached hydrogens (tertiary/aromatic N) is 1. The third-order valence-corrected chi connectivity index (χ3v) is 4.15. The fourth-order valence-electron chi connectivity index (χ4n) is 2.85. The molecule has 1 saturated carbocycles. The van der Waals surface area contributed by atoms with E-state index in [1.807, 2.05) is 42.5 Å². The molecule has 1 unspecified atom stereocenters. The summed E-state index contributed by atoms with van der Waals surface area (Å²) in [5.74, 6) is -0.161. The quantitative estimate of drug-likeness (QED) is 0.847. The highest BCUT2D eigenvalue weighted by atomic mass is 19.1. The Kier molecular flexibility index (Phi) is 4.86. The van der Waals surface area contributed by atoms with Gasteiger partial charge < -0.3 is 5.11 Å². The molecule has 22 heavy (non-hydrogen) atoms. The molecule has 0 bridgehead atoms. The van der Waals surface area contributed by atoms with Gasteiger partial charge >= 0.3 is 0 Å². The van der Waals surface area contributed by atoms with Gasteiger partial charge in [0, 0.05) is 24.7 Å². The molecule has 2 aromatic rings. The maximum atomic E-state index is 13.8. The first kappa shape index (κ1) is 15.2. The topological polar surface area (TPSA) is 23.5 Å². The lowest BCUT2D eigenvalue weighted by atomic mass is 10.1. The van der Waals surface area contributed by atoms with Crippen molar-refractivity contribution in [2.45, 2.75) is 38.0 Å². The molecule has 2 aromatic carbocycles. The Morgan fingerprint density at radius 1 is 1.05 bits per heavy atom. The minimum Gasteiger partial charge on any atom is -0.391 e. The molecular formula is C19H22FNO. The molecule has 3 heteroatoms. The SMILES string of the molecule is OC(Cc1ccccc1)CN(Cc1ccccc1F)C1CC1. The second-order valence-electron chi connectivity index (χ2n) is 6.10. The van der Waals surface area contributed by atoms with Gasteiger partial charge in [0.15, 0.2) is 0 Å². The summed E-state index contributed by atoms with van der Waals surface area (Å²) < 4.78 is 13.8. The first-order valence-corrected chi connectivity index (χ1v) is 7.92. The lowest BCUT2D eigenvalue weighted by molar-refractivity contribution is 0.103. The minimum absolute atomic E-state index is 0.161. The van der Waals surface area contributed by atoms with Crippen molar-refractivity contribution in [1.82, 2.24) is 4.90 Å². The zero-order valence-electron chi connectivity index (χ0n) is 12.7. The van der Waals surface area contributed by atoms with Crippen molar-refractivity contribution in [1.29, 1.82) is 0 Å². The molecule has 0 aliphatic heterocycles. The third-order valence-electron chi connectivity index (χ3n) is 4.15. The van der Waals surface area contributed by atoms with Crippen LogP contribution in [0.3, 0.4) is 0 Å². The van der Waals surface area contributed by atoms with Crippen LogP contribution < -0.4 is 0 Å². The van der Waals surface area contributed by atoms with Gasteiger partial charge in [0.25, 0.3) is 0 Å². The summed E-state index contributed by atoms with van der Waals surface area (Å²) in [6.45, 7) is 1.16. The number of rotatable bonds is 7. The van der Waals surface area contributed by atoms with Crippen LogP contribution in [0.2, 0.25) is 0 Å².